The molecule has 0 fully saturated rings. The van der Waals surface area contributed by atoms with Gasteiger partial charge in [0, 0.05) is 5.56 Å². The summed E-state index contributed by atoms with van der Waals surface area (Å²) in [5, 5.41) is 9.34. The van der Waals surface area contributed by atoms with Crippen LogP contribution < -0.4 is 4.31 Å². The molecule has 2 aromatic rings. The van der Waals surface area contributed by atoms with E-state index in [1.54, 1.807) is 0 Å². The molecule has 1 N–H and O–H groups in total. The molecule has 0 bridgehead atoms. The van der Waals surface area contributed by atoms with Crippen LogP contribution in [-0.2, 0) is 15.6 Å². The molecule has 0 radical (unpaired) electrons. The maximum atomic E-state index is 14.2. The molecule has 0 spiro atoms. The topological polar surface area (TPSA) is 57.6 Å². The van der Waals surface area contributed by atoms with Crippen LogP contribution in [0, 0.1) is 0 Å². The zero-order chi connectivity index (χ0) is 23.8. The summed E-state index contributed by atoms with van der Waals surface area (Å²) >= 11 is 0. The predicted octanol–water partition coefficient (Wildman–Crippen LogP) is 4.75. The van der Waals surface area contributed by atoms with E-state index in [1.165, 1.54) is 18.2 Å². The second kappa shape index (κ2) is 8.22. The van der Waals surface area contributed by atoms with Gasteiger partial charge in [-0.25, -0.2) is 25.9 Å². The van der Waals surface area contributed by atoms with Crippen molar-refractivity contribution in [3.8, 4) is 0 Å². The van der Waals surface area contributed by atoms with E-state index in [-0.39, 0.29) is 24.3 Å². The van der Waals surface area contributed by atoms with Crippen molar-refractivity contribution in [3.63, 3.8) is 0 Å². The molecule has 0 heterocycles. The van der Waals surface area contributed by atoms with Crippen LogP contribution in [0.4, 0.5) is 45.2 Å². The van der Waals surface area contributed by atoms with Crippen LogP contribution in [0.1, 0.15) is 5.56 Å². The molecule has 14 heteroatoms. The first-order valence-electron chi connectivity index (χ1n) is 8.03. The molecule has 2 aromatic carbocycles. The highest BCUT2D eigenvalue weighted by Gasteiger charge is 2.71. The van der Waals surface area contributed by atoms with Gasteiger partial charge in [-0.15, -0.1) is 0 Å². The van der Waals surface area contributed by atoms with E-state index in [0.717, 1.165) is 12.1 Å². The van der Waals surface area contributed by atoms with Crippen LogP contribution in [0.5, 0.6) is 0 Å². The lowest BCUT2D eigenvalue weighted by molar-refractivity contribution is -0.376. The minimum atomic E-state index is -6.23. The summed E-state index contributed by atoms with van der Waals surface area (Å²) in [4.78, 5) is -0.663. The maximum Gasteiger partial charge on any atom is 0.430 e. The average molecular weight is 481 g/mol. The highest BCUT2D eigenvalue weighted by molar-refractivity contribution is 7.92. The quantitative estimate of drug-likeness (QED) is 0.479. The highest BCUT2D eigenvalue weighted by Crippen LogP contribution is 2.50. The first-order valence-corrected chi connectivity index (χ1v) is 9.47. The number of hydrogen-bond acceptors (Lipinski definition) is 3. The first-order chi connectivity index (χ1) is 14.0. The molecule has 0 aliphatic carbocycles. The van der Waals surface area contributed by atoms with Crippen LogP contribution in [0.2, 0.25) is 0 Å². The van der Waals surface area contributed by atoms with Gasteiger partial charge in [0.1, 0.15) is 0 Å². The molecule has 2 rings (SSSR count). The summed E-state index contributed by atoms with van der Waals surface area (Å²) in [6.45, 7) is 0. The van der Waals surface area contributed by atoms with E-state index in [0.29, 0.717) is 0 Å². The molecule has 172 valence electrons. The maximum absolute atomic E-state index is 14.2. The summed E-state index contributed by atoms with van der Waals surface area (Å²) in [5.74, 6) is 0. The van der Waals surface area contributed by atoms with Crippen LogP contribution in [-0.4, -0.2) is 38.6 Å². The zero-order valence-electron chi connectivity index (χ0n) is 14.9. The smallest absolute Gasteiger partial charge is 0.369 e. The number of sulfonamides is 1. The lowest BCUT2D eigenvalue weighted by Crippen LogP contribution is -2.53. The molecule has 0 aliphatic rings. The lowest BCUT2D eigenvalue weighted by atomic mass is 9.92. The fraction of sp³-hybridized carbons (Fsp3) is 0.294. The van der Waals surface area contributed by atoms with E-state index < -0.39 is 61.1 Å². The second-order valence-corrected chi connectivity index (χ2v) is 7.89. The molecule has 0 saturated heterocycles. The van der Waals surface area contributed by atoms with E-state index in [1.807, 2.05) is 0 Å². The SMILES string of the molecule is O=S(=O)(c1ccccc1)N(c1ccc(C(O)(C(F)(F)F)C(F)(F)F)cc1)C(F)C(F)F. The first kappa shape index (κ1) is 24.8. The van der Waals surface area contributed by atoms with Gasteiger partial charge in [0.2, 0.25) is 6.30 Å². The number of halogens is 9. The molecule has 1 unspecified atom stereocenters. The Labute approximate surface area is 169 Å². The Hall–Kier alpha value is -2.48. The van der Waals surface area contributed by atoms with E-state index in [4.69, 9.17) is 0 Å². The third-order valence-corrected chi connectivity index (χ3v) is 5.89. The van der Waals surface area contributed by atoms with Crippen molar-refractivity contribution in [2.24, 2.45) is 0 Å². The number of alkyl halides is 9. The lowest BCUT2D eigenvalue weighted by Gasteiger charge is -2.33. The van der Waals surface area contributed by atoms with Gasteiger partial charge in [-0.2, -0.15) is 26.3 Å². The van der Waals surface area contributed by atoms with Gasteiger partial charge in [0.05, 0.1) is 10.6 Å². The summed E-state index contributed by atoms with van der Waals surface area (Å²) in [5.41, 5.74) is -8.10. The van der Waals surface area contributed by atoms with Crippen LogP contribution in [0.3, 0.4) is 0 Å². The number of anilines is 1. The Morgan fingerprint density at radius 3 is 1.61 bits per heavy atom. The third-order valence-electron chi connectivity index (χ3n) is 4.09. The predicted molar refractivity (Wildman–Crippen MR) is 89.5 cm³/mol. The van der Waals surface area contributed by atoms with Gasteiger partial charge in [0.25, 0.3) is 22.0 Å². The normalized spacial score (nSPS) is 14.5. The molecule has 0 aromatic heterocycles. The van der Waals surface area contributed by atoms with Crippen LogP contribution in [0.25, 0.3) is 0 Å². The third kappa shape index (κ3) is 4.44. The molecule has 0 amide bonds. The van der Waals surface area contributed by atoms with Gasteiger partial charge >= 0.3 is 12.4 Å². The van der Waals surface area contributed by atoms with Crippen molar-refractivity contribution in [1.82, 2.24) is 0 Å². The minimum absolute atomic E-state index is 0.0159. The fourth-order valence-electron chi connectivity index (χ4n) is 2.56. The van der Waals surface area contributed by atoms with Crippen LogP contribution >= 0.6 is 0 Å². The Bertz CT molecular complexity index is 976. The summed E-state index contributed by atoms with van der Waals surface area (Å²) in [6, 6.07) is 6.06. The summed E-state index contributed by atoms with van der Waals surface area (Å²) in [6.07, 6.45) is -19.9. The van der Waals surface area contributed by atoms with Crippen molar-refractivity contribution in [1.29, 1.82) is 0 Å². The van der Waals surface area contributed by atoms with Crippen molar-refractivity contribution >= 4 is 15.7 Å². The summed E-state index contributed by atoms with van der Waals surface area (Å²) < 4.78 is 143. The molecule has 31 heavy (non-hydrogen) atoms. The van der Waals surface area contributed by atoms with Gasteiger partial charge in [-0.1, -0.05) is 30.3 Å². The number of rotatable bonds is 6. The van der Waals surface area contributed by atoms with Crippen molar-refractivity contribution in [2.75, 3.05) is 4.31 Å². The Balaban J connectivity index is 2.63. The molecular weight excluding hydrogens is 469 g/mol. The number of aliphatic hydroxyl groups is 1. The van der Waals surface area contributed by atoms with Gasteiger partial charge in [-0.3, -0.25) is 0 Å². The molecule has 0 aliphatic heterocycles. The largest absolute Gasteiger partial charge is 0.430 e. The van der Waals surface area contributed by atoms with E-state index in [9.17, 15) is 53.0 Å². The summed E-state index contributed by atoms with van der Waals surface area (Å²) in [7, 11) is -5.03. The average Bonchev–Trinajstić information content (AvgIpc) is 2.66. The van der Waals surface area contributed by atoms with Gasteiger partial charge in [0.15, 0.2) is 0 Å². The van der Waals surface area contributed by atoms with Crippen molar-refractivity contribution in [3.05, 3.63) is 60.2 Å². The molecule has 1 atom stereocenters. The van der Waals surface area contributed by atoms with Gasteiger partial charge in [-0.05, 0) is 24.3 Å². The molecular formula is C17H12F9NO3S. The number of benzene rings is 2. The fourth-order valence-corrected chi connectivity index (χ4v) is 4.04. The van der Waals surface area contributed by atoms with E-state index in [2.05, 4.69) is 0 Å². The Kier molecular flexibility index (Phi) is 6.57. The highest BCUT2D eigenvalue weighted by atomic mass is 32.2. The Morgan fingerprint density at radius 2 is 1.23 bits per heavy atom. The zero-order valence-corrected chi connectivity index (χ0v) is 15.7. The second-order valence-electron chi connectivity index (χ2n) is 6.07. The number of nitrogens with zero attached hydrogens (tertiary/aromatic N) is 1. The van der Waals surface area contributed by atoms with Gasteiger partial charge < -0.3 is 5.11 Å². The Morgan fingerprint density at radius 1 is 0.774 bits per heavy atom. The van der Waals surface area contributed by atoms with Crippen molar-refractivity contribution in [2.45, 2.75) is 35.6 Å². The number of hydrogen-bond donors (Lipinski definition) is 1. The van der Waals surface area contributed by atoms with Crippen LogP contribution in [0.15, 0.2) is 59.5 Å². The minimum Gasteiger partial charge on any atom is -0.369 e. The standard InChI is InChI=1S/C17H12F9NO3S/c18-13(19)14(20)27(31(29,30)12-4-2-1-3-5-12)11-8-6-10(7-9-11)15(28,16(21,22)23)17(24,25)26/h1-9,13-14,28H. The van der Waals surface area contributed by atoms with Crippen molar-refractivity contribution < 1.29 is 53.0 Å². The molecule has 0 saturated carbocycles. The molecule has 4 nitrogen and oxygen atoms in total. The monoisotopic (exact) mass is 481 g/mol. The van der Waals surface area contributed by atoms with E-state index >= 15 is 0 Å².